The van der Waals surface area contributed by atoms with Gasteiger partial charge in [-0.15, -0.1) is 0 Å². The minimum atomic E-state index is 0. The predicted molar refractivity (Wildman–Crippen MR) is 9.23 cm³/mol. The summed E-state index contributed by atoms with van der Waals surface area (Å²) < 4.78 is 8.39. The molecule has 5 heavy (non-hydrogen) atoms. The minimum absolute atomic E-state index is 0. The zero-order valence-corrected chi connectivity index (χ0v) is 10.3. The molecular weight excluding hydrogens is 431 g/mol. The van der Waals surface area contributed by atoms with Gasteiger partial charge in [-0.1, -0.05) is 0 Å². The van der Waals surface area contributed by atoms with Gasteiger partial charge < -0.3 is 0 Å². The van der Waals surface area contributed by atoms with Gasteiger partial charge in [0, 0.05) is 57.3 Å². The van der Waals surface area contributed by atoms with Crippen molar-refractivity contribution in [3.63, 3.8) is 0 Å². The van der Waals surface area contributed by atoms with E-state index < -0.39 is 0 Å². The maximum absolute atomic E-state index is 8.39. The van der Waals surface area contributed by atoms with E-state index in [4.69, 9.17) is 0.938 Å². The van der Waals surface area contributed by atoms with E-state index in [-0.39, 0.29) is 143 Å². The van der Waals surface area contributed by atoms with Crippen LogP contribution >= 0.6 is 0 Å². The molecule has 0 saturated carbocycles. The van der Waals surface area contributed by atoms with Gasteiger partial charge in [-0.3, -0.25) is 0 Å². The molecule has 0 aliphatic rings. The SMILES string of the molecule is [La].[O]=[Ce].[SrH2].[Ti]. The van der Waals surface area contributed by atoms with E-state index >= 15 is 0 Å². The number of hydrogen-bond acceptors (Lipinski definition) is 1. The molecule has 0 spiro atoms. The molecule has 0 aromatic heterocycles. The summed E-state index contributed by atoms with van der Waals surface area (Å²) in [5.74, 6) is 0. The van der Waals surface area contributed by atoms with Crippen molar-refractivity contribution in [1.29, 1.82) is 0 Å². The molecule has 0 aliphatic carbocycles. The van der Waals surface area contributed by atoms with Crippen molar-refractivity contribution in [1.82, 2.24) is 0 Å². The van der Waals surface area contributed by atoms with E-state index in [1.165, 1.54) is 0 Å². The Balaban J connectivity index is -0.00000000167. The zero-order chi connectivity index (χ0) is 2.00. The first kappa shape index (κ1) is 22.7. The second-order valence-corrected chi connectivity index (χ2v) is 0. The Morgan fingerprint density at radius 2 is 1.20 bits per heavy atom. The van der Waals surface area contributed by atoms with Gasteiger partial charge in [0.15, 0.2) is 0 Å². The Morgan fingerprint density at radius 1 is 1.20 bits per heavy atom. The predicted octanol–water partition coefficient (Wildman–Crippen LogP) is -1.04. The summed E-state index contributed by atoms with van der Waals surface area (Å²) in [6, 6.07) is 0. The van der Waals surface area contributed by atoms with Crippen LogP contribution in [0.15, 0.2) is 0 Å². The fraction of sp³-hybridized carbons (Fsp3) is 0. The Hall–Kier alpha value is 4.57. The Bertz CT molecular complexity index is 11.6. The van der Waals surface area contributed by atoms with Crippen LogP contribution in [0.25, 0.3) is 0 Å². The molecule has 5 heteroatoms. The molecule has 0 amide bonds. The molecule has 0 bridgehead atoms. The van der Waals surface area contributed by atoms with Gasteiger partial charge in [0.2, 0.25) is 0 Å². The molecule has 1 nitrogen and oxygen atoms in total. The molecule has 0 heterocycles. The second-order valence-electron chi connectivity index (χ2n) is 0. The Morgan fingerprint density at radius 3 is 1.20 bits per heavy atom. The average molecular weight is 433 g/mol. The first-order valence-electron chi connectivity index (χ1n) is 0.204. The molecule has 21 valence electrons. The monoisotopic (exact) mass is 433 g/mol. The molecule has 0 aromatic rings. The standard InChI is InChI=1S/Ce.La.O.Sr.Ti.2H. The summed E-state index contributed by atoms with van der Waals surface area (Å²) in [6.07, 6.45) is 0. The summed E-state index contributed by atoms with van der Waals surface area (Å²) in [7, 11) is 0. The molecule has 0 rings (SSSR count). The minimum Gasteiger partial charge on any atom is 0 e. The molecule has 0 N–H and O–H groups in total. The topological polar surface area (TPSA) is 17.1 Å². The third-order valence-corrected chi connectivity index (χ3v) is 0. The van der Waals surface area contributed by atoms with Crippen LogP contribution in [0.4, 0.5) is 0 Å². The number of hydrogen-bond donors (Lipinski definition) is 0. The van der Waals surface area contributed by atoms with Gasteiger partial charge in [0.25, 0.3) is 0 Å². The molecule has 0 aromatic carbocycles. The van der Waals surface area contributed by atoms with Gasteiger partial charge >= 0.3 is 86.2 Å². The molecule has 1 radical (unpaired) electrons. The van der Waals surface area contributed by atoms with Gasteiger partial charge in [0.05, 0.1) is 0 Å². The van der Waals surface area contributed by atoms with Crippen molar-refractivity contribution in [3.05, 3.63) is 0 Å². The van der Waals surface area contributed by atoms with Crippen molar-refractivity contribution in [3.8, 4) is 0 Å². The molecule has 0 unspecified atom stereocenters. The molecule has 0 atom stereocenters. The van der Waals surface area contributed by atoms with Gasteiger partial charge in [-0.25, -0.2) is 0 Å². The van der Waals surface area contributed by atoms with E-state index in [0.717, 1.165) is 0 Å². The van der Waals surface area contributed by atoms with E-state index in [2.05, 4.69) is 0 Å². The van der Waals surface area contributed by atoms with E-state index in [1.807, 2.05) is 0 Å². The Kier molecular flexibility index (Phi) is 107. The summed E-state index contributed by atoms with van der Waals surface area (Å²) in [4.78, 5) is 0. The van der Waals surface area contributed by atoms with E-state index in [0.29, 0.717) is 0 Å². The van der Waals surface area contributed by atoms with Crippen LogP contribution in [0.3, 0.4) is 0 Å². The first-order valence-corrected chi connectivity index (χ1v) is 1.49. The third-order valence-electron chi connectivity index (χ3n) is 0. The maximum atomic E-state index is 8.39. The van der Waals surface area contributed by atoms with Gasteiger partial charge in [-0.2, -0.15) is 0 Å². The van der Waals surface area contributed by atoms with Gasteiger partial charge in [0.1, 0.15) is 0 Å². The van der Waals surface area contributed by atoms with Crippen LogP contribution in [0.5, 0.6) is 0 Å². The normalized spacial score (nSPS) is 0.600. The first-order chi connectivity index (χ1) is 1.00. The number of rotatable bonds is 0. The summed E-state index contributed by atoms with van der Waals surface area (Å²) in [5, 5.41) is 0. The van der Waals surface area contributed by atoms with Crippen molar-refractivity contribution >= 4 is 45.5 Å². The van der Waals surface area contributed by atoms with Crippen LogP contribution in [0.2, 0.25) is 0 Å². The van der Waals surface area contributed by atoms with Crippen LogP contribution < -0.4 is 0 Å². The fourth-order valence-corrected chi connectivity index (χ4v) is 0. The van der Waals surface area contributed by atoms with Crippen LogP contribution in [0, 0.1) is 75.4 Å². The quantitative estimate of drug-likeness (QED) is 0.447. The van der Waals surface area contributed by atoms with Crippen molar-refractivity contribution in [2.45, 2.75) is 0 Å². The summed E-state index contributed by atoms with van der Waals surface area (Å²) in [6.45, 7) is 0. The third kappa shape index (κ3) is 17.7. The molecular formula is H2CeLaOSrTi. The Labute approximate surface area is 139 Å². The van der Waals surface area contributed by atoms with Crippen LogP contribution in [-0.4, -0.2) is 45.5 Å². The van der Waals surface area contributed by atoms with E-state index in [1.54, 1.807) is 0 Å². The summed E-state index contributed by atoms with van der Waals surface area (Å²) >= 11 is 0.0556. The molecule has 0 saturated heterocycles. The fourth-order valence-electron chi connectivity index (χ4n) is 0. The largest absolute Gasteiger partial charge is 0 e. The van der Waals surface area contributed by atoms with Crippen LogP contribution in [-0.2, 0) is 22.7 Å². The van der Waals surface area contributed by atoms with Gasteiger partial charge in [-0.05, 0) is 0 Å². The van der Waals surface area contributed by atoms with Crippen molar-refractivity contribution in [2.24, 2.45) is 0 Å². The smallest absolute Gasteiger partial charge is 0 e. The average Bonchev–Trinajstić information content (AvgIpc) is 1.00. The van der Waals surface area contributed by atoms with E-state index in [9.17, 15) is 0 Å². The van der Waals surface area contributed by atoms with Crippen molar-refractivity contribution < 1.29 is 98.0 Å². The summed E-state index contributed by atoms with van der Waals surface area (Å²) in [5.41, 5.74) is 0. The van der Waals surface area contributed by atoms with Crippen LogP contribution in [0.1, 0.15) is 0 Å². The maximum Gasteiger partial charge on any atom is 0 e. The van der Waals surface area contributed by atoms with Crippen molar-refractivity contribution in [2.75, 3.05) is 0 Å². The second kappa shape index (κ2) is 23.5. The zero-order valence-electron chi connectivity index (χ0n) is 1.99. The molecule has 0 fully saturated rings. The molecule has 0 aliphatic heterocycles.